The largest absolute Gasteiger partial charge is 0.457 e. The van der Waals surface area contributed by atoms with Crippen molar-refractivity contribution in [2.75, 3.05) is 18.4 Å². The molecule has 1 saturated heterocycles. The molecule has 6 heteroatoms. The smallest absolute Gasteiger partial charge is 0.227 e. The van der Waals surface area contributed by atoms with Gasteiger partial charge in [-0.15, -0.1) is 12.4 Å². The first-order valence-electron chi connectivity index (χ1n) is 7.51. The predicted molar refractivity (Wildman–Crippen MR) is 92.2 cm³/mol. The Bertz CT molecular complexity index is 613. The van der Waals surface area contributed by atoms with Crippen molar-refractivity contribution < 1.29 is 9.53 Å². The van der Waals surface area contributed by atoms with Gasteiger partial charge in [0.15, 0.2) is 0 Å². The zero-order chi connectivity index (χ0) is 15.2. The summed E-state index contributed by atoms with van der Waals surface area (Å²) in [5, 5.41) is 6.23. The summed E-state index contributed by atoms with van der Waals surface area (Å²) in [5.74, 6) is 1.67. The van der Waals surface area contributed by atoms with E-state index in [1.165, 1.54) is 0 Å². The number of carbonyl (C=O) groups excluding carboxylic acids is 1. The number of benzene rings is 1. The van der Waals surface area contributed by atoms with Crippen LogP contribution in [-0.4, -0.2) is 24.0 Å². The van der Waals surface area contributed by atoms with Crippen LogP contribution in [0.25, 0.3) is 0 Å². The predicted octanol–water partition coefficient (Wildman–Crippen LogP) is 3.23. The van der Waals surface area contributed by atoms with Gasteiger partial charge in [-0.3, -0.25) is 9.78 Å². The van der Waals surface area contributed by atoms with E-state index < -0.39 is 0 Å². The lowest BCUT2D eigenvalue weighted by Crippen LogP contribution is -2.34. The van der Waals surface area contributed by atoms with E-state index in [0.717, 1.165) is 43.1 Å². The average Bonchev–Trinajstić information content (AvgIpc) is 2.58. The van der Waals surface area contributed by atoms with Crippen LogP contribution in [0.4, 0.5) is 5.69 Å². The molecule has 5 nitrogen and oxygen atoms in total. The zero-order valence-corrected chi connectivity index (χ0v) is 13.5. The highest BCUT2D eigenvalue weighted by Gasteiger charge is 2.20. The fourth-order valence-corrected chi connectivity index (χ4v) is 2.48. The Kier molecular flexibility index (Phi) is 6.38. The van der Waals surface area contributed by atoms with Crippen LogP contribution in [0.2, 0.25) is 0 Å². The third-order valence-corrected chi connectivity index (χ3v) is 3.72. The van der Waals surface area contributed by atoms with Crippen molar-refractivity contribution in [3.05, 3.63) is 48.8 Å². The number of aromatic nitrogens is 1. The minimum Gasteiger partial charge on any atom is -0.457 e. The second kappa shape index (κ2) is 8.50. The first-order chi connectivity index (χ1) is 10.8. The molecule has 0 unspecified atom stereocenters. The number of amides is 1. The number of carbonyl (C=O) groups is 1. The summed E-state index contributed by atoms with van der Waals surface area (Å²) < 4.78 is 5.69. The number of nitrogens with one attached hydrogen (secondary N) is 2. The molecule has 2 aromatic rings. The number of ether oxygens (including phenoxy) is 1. The van der Waals surface area contributed by atoms with Crippen LogP contribution in [0.3, 0.4) is 0 Å². The van der Waals surface area contributed by atoms with Crippen LogP contribution in [-0.2, 0) is 4.79 Å². The number of anilines is 1. The van der Waals surface area contributed by atoms with Gasteiger partial charge in [0.25, 0.3) is 0 Å². The standard InChI is InChI=1S/C17H19N3O2.ClH/c21-17(13-5-9-18-10-6-13)20-14-1-3-15(4-2-14)22-16-7-11-19-12-8-16;/h1-4,7-8,11-13,18H,5-6,9-10H2,(H,20,21);1H. The van der Waals surface area contributed by atoms with E-state index in [2.05, 4.69) is 15.6 Å². The monoisotopic (exact) mass is 333 g/mol. The number of hydrogen-bond acceptors (Lipinski definition) is 4. The van der Waals surface area contributed by atoms with Gasteiger partial charge in [-0.1, -0.05) is 0 Å². The molecule has 0 saturated carbocycles. The molecule has 1 aliphatic heterocycles. The maximum Gasteiger partial charge on any atom is 0.227 e. The Hall–Kier alpha value is -2.11. The third-order valence-electron chi connectivity index (χ3n) is 3.72. The quantitative estimate of drug-likeness (QED) is 0.901. The molecule has 0 aliphatic carbocycles. The van der Waals surface area contributed by atoms with Gasteiger partial charge < -0.3 is 15.4 Å². The van der Waals surface area contributed by atoms with Gasteiger partial charge in [0.1, 0.15) is 11.5 Å². The van der Waals surface area contributed by atoms with Gasteiger partial charge in [-0.2, -0.15) is 0 Å². The van der Waals surface area contributed by atoms with Crippen molar-refractivity contribution in [3.63, 3.8) is 0 Å². The summed E-state index contributed by atoms with van der Waals surface area (Å²) in [5.41, 5.74) is 0.797. The van der Waals surface area contributed by atoms with Crippen molar-refractivity contribution in [2.24, 2.45) is 5.92 Å². The second-order valence-corrected chi connectivity index (χ2v) is 5.32. The summed E-state index contributed by atoms with van der Waals surface area (Å²) in [6.07, 6.45) is 5.16. The van der Waals surface area contributed by atoms with Gasteiger partial charge in [-0.25, -0.2) is 0 Å². The number of pyridine rings is 1. The van der Waals surface area contributed by atoms with Gasteiger partial charge in [0.05, 0.1) is 0 Å². The van der Waals surface area contributed by atoms with E-state index in [4.69, 9.17) is 4.74 Å². The van der Waals surface area contributed by atoms with Crippen LogP contribution in [0, 0.1) is 5.92 Å². The summed E-state index contributed by atoms with van der Waals surface area (Å²) in [6.45, 7) is 1.83. The van der Waals surface area contributed by atoms with Gasteiger partial charge >= 0.3 is 0 Å². The van der Waals surface area contributed by atoms with Crippen molar-refractivity contribution in [3.8, 4) is 11.5 Å². The Labute approximate surface area is 141 Å². The molecule has 23 heavy (non-hydrogen) atoms. The van der Waals surface area contributed by atoms with Crippen LogP contribution in [0.15, 0.2) is 48.8 Å². The molecule has 1 amide bonds. The highest BCUT2D eigenvalue weighted by molar-refractivity contribution is 5.92. The molecular weight excluding hydrogens is 314 g/mol. The summed E-state index contributed by atoms with van der Waals surface area (Å²) in [4.78, 5) is 16.1. The minimum atomic E-state index is 0. The van der Waals surface area contributed by atoms with Crippen LogP contribution in [0.5, 0.6) is 11.5 Å². The molecule has 1 fully saturated rings. The summed E-state index contributed by atoms with van der Waals surface area (Å²) in [7, 11) is 0. The van der Waals surface area contributed by atoms with Crippen molar-refractivity contribution in [1.29, 1.82) is 0 Å². The molecule has 0 spiro atoms. The van der Waals surface area contributed by atoms with Crippen LogP contribution in [0.1, 0.15) is 12.8 Å². The highest BCUT2D eigenvalue weighted by atomic mass is 35.5. The van der Waals surface area contributed by atoms with Crippen molar-refractivity contribution in [1.82, 2.24) is 10.3 Å². The van der Waals surface area contributed by atoms with Crippen LogP contribution >= 0.6 is 12.4 Å². The first-order valence-corrected chi connectivity index (χ1v) is 7.51. The van der Waals surface area contributed by atoms with E-state index in [0.29, 0.717) is 0 Å². The normalized spacial score (nSPS) is 14.6. The fraction of sp³-hybridized carbons (Fsp3) is 0.294. The Balaban J connectivity index is 0.00000192. The van der Waals surface area contributed by atoms with E-state index in [1.54, 1.807) is 24.5 Å². The molecule has 122 valence electrons. The first kappa shape index (κ1) is 17.2. The number of hydrogen-bond donors (Lipinski definition) is 2. The van der Waals surface area contributed by atoms with E-state index in [-0.39, 0.29) is 24.2 Å². The maximum absolute atomic E-state index is 12.2. The molecular formula is C17H20ClN3O2. The summed E-state index contributed by atoms with van der Waals surface area (Å²) >= 11 is 0. The van der Waals surface area contributed by atoms with Crippen molar-refractivity contribution in [2.45, 2.75) is 12.8 Å². The van der Waals surface area contributed by atoms with Crippen molar-refractivity contribution >= 4 is 24.0 Å². The fourth-order valence-electron chi connectivity index (χ4n) is 2.48. The minimum absolute atomic E-state index is 0. The lowest BCUT2D eigenvalue weighted by Gasteiger charge is -2.21. The van der Waals surface area contributed by atoms with E-state index >= 15 is 0 Å². The Morgan fingerprint density at radius 3 is 2.30 bits per heavy atom. The molecule has 0 atom stereocenters. The number of rotatable bonds is 4. The summed E-state index contributed by atoms with van der Waals surface area (Å²) in [6, 6.07) is 11.0. The van der Waals surface area contributed by atoms with Crippen LogP contribution < -0.4 is 15.4 Å². The molecule has 3 rings (SSSR count). The topological polar surface area (TPSA) is 63.2 Å². The zero-order valence-electron chi connectivity index (χ0n) is 12.7. The van der Waals surface area contributed by atoms with E-state index in [1.807, 2.05) is 24.3 Å². The van der Waals surface area contributed by atoms with Gasteiger partial charge in [0.2, 0.25) is 5.91 Å². The maximum atomic E-state index is 12.2. The molecule has 1 aromatic heterocycles. The third kappa shape index (κ3) is 4.94. The SMILES string of the molecule is Cl.O=C(Nc1ccc(Oc2ccncc2)cc1)C1CCNCC1. The lowest BCUT2D eigenvalue weighted by molar-refractivity contribution is -0.120. The number of piperidine rings is 1. The Morgan fingerprint density at radius 1 is 1.04 bits per heavy atom. The molecule has 2 heterocycles. The number of halogens is 1. The molecule has 1 aliphatic rings. The van der Waals surface area contributed by atoms with E-state index in [9.17, 15) is 4.79 Å². The van der Waals surface area contributed by atoms with Gasteiger partial charge in [0, 0.05) is 24.0 Å². The molecule has 1 aromatic carbocycles. The number of nitrogens with zero attached hydrogens (tertiary/aromatic N) is 1. The highest BCUT2D eigenvalue weighted by Crippen LogP contribution is 2.23. The van der Waals surface area contributed by atoms with Gasteiger partial charge in [-0.05, 0) is 62.3 Å². The molecule has 0 radical (unpaired) electrons. The Morgan fingerprint density at radius 2 is 1.65 bits per heavy atom. The molecule has 0 bridgehead atoms. The second-order valence-electron chi connectivity index (χ2n) is 5.32. The molecule has 2 N–H and O–H groups in total. The average molecular weight is 334 g/mol. The lowest BCUT2D eigenvalue weighted by atomic mass is 9.97.